The quantitative estimate of drug-likeness (QED) is 0.458. The number of primary amides is 1. The maximum absolute atomic E-state index is 13.5. The summed E-state index contributed by atoms with van der Waals surface area (Å²) in [4.78, 5) is 30.1. The van der Waals surface area contributed by atoms with Gasteiger partial charge in [0, 0.05) is 0 Å². The molecule has 0 aliphatic carbocycles. The van der Waals surface area contributed by atoms with E-state index < -0.39 is 33.1 Å². The Hall–Kier alpha value is -2.72. The molecule has 2 aromatic heterocycles. The molecule has 2 aromatic rings. The third-order valence-corrected chi connectivity index (χ3v) is 8.12. The average Bonchev–Trinajstić information content (AvgIpc) is 3.12. The molecule has 0 radical (unpaired) electrons. The van der Waals surface area contributed by atoms with Crippen LogP contribution in [-0.2, 0) is 10.3 Å². The predicted molar refractivity (Wildman–Crippen MR) is 119 cm³/mol. The number of likely N-dealkylation sites (tertiary alicyclic amines) is 1. The monoisotopic (exact) mass is 502 g/mol. The van der Waals surface area contributed by atoms with E-state index in [4.69, 9.17) is 5.73 Å². The number of halogens is 1. The summed E-state index contributed by atoms with van der Waals surface area (Å²) in [6.45, 7) is 7.13. The third kappa shape index (κ3) is 5.55. The van der Waals surface area contributed by atoms with Crippen molar-refractivity contribution in [2.45, 2.75) is 52.0 Å². The van der Waals surface area contributed by atoms with E-state index in [-0.39, 0.29) is 17.7 Å². The van der Waals surface area contributed by atoms with Crippen LogP contribution in [0.2, 0.25) is 0 Å². The molecule has 0 saturated carbocycles. The molecule has 3 heterocycles. The van der Waals surface area contributed by atoms with Gasteiger partial charge >= 0.3 is 194 Å². The summed E-state index contributed by atoms with van der Waals surface area (Å²) in [5.41, 5.74) is 5.18. The number of rotatable bonds is 6. The number of carbonyl (C=O) groups excluding carboxylic acids is 2. The molecule has 8 nitrogen and oxygen atoms in total. The van der Waals surface area contributed by atoms with Crippen molar-refractivity contribution < 1.29 is 14.0 Å². The molecule has 32 heavy (non-hydrogen) atoms. The molecule has 1 saturated heterocycles. The Morgan fingerprint density at radius 3 is 2.59 bits per heavy atom. The summed E-state index contributed by atoms with van der Waals surface area (Å²) < 4.78 is 16.5. The van der Waals surface area contributed by atoms with E-state index in [1.807, 2.05) is 25.7 Å². The minimum atomic E-state index is -1.14. The van der Waals surface area contributed by atoms with Gasteiger partial charge in [-0.05, 0) is 0 Å². The van der Waals surface area contributed by atoms with Crippen LogP contribution in [0.5, 0.6) is 0 Å². The Balaban J connectivity index is 1.86. The Morgan fingerprint density at radius 2 is 2.03 bits per heavy atom. The standard InChI is InChI=1S/C22H28AsFN6O2/c1-21(2,3)13-18(31)29-10-6-22(5-8-25,7-11-29)30-14-16(20(26)32)19(28-30)23-15-4-9-27-17(24)12-15/h4,9,12,14,23H,5-7,10-11,13H2,1-3H3,(H2,26,32). The Labute approximate surface area is 193 Å². The van der Waals surface area contributed by atoms with Crippen molar-refractivity contribution in [1.82, 2.24) is 19.7 Å². The fourth-order valence-corrected chi connectivity index (χ4v) is 6.19. The summed E-state index contributed by atoms with van der Waals surface area (Å²) in [5, 5.41) is 14.2. The van der Waals surface area contributed by atoms with Gasteiger partial charge in [-0.3, -0.25) is 0 Å². The van der Waals surface area contributed by atoms with E-state index in [0.29, 0.717) is 42.4 Å². The van der Waals surface area contributed by atoms with E-state index in [1.165, 1.54) is 12.3 Å². The van der Waals surface area contributed by atoms with Gasteiger partial charge in [-0.15, -0.1) is 0 Å². The van der Waals surface area contributed by atoms with Crippen molar-refractivity contribution in [3.63, 3.8) is 0 Å². The van der Waals surface area contributed by atoms with Crippen LogP contribution in [0.4, 0.5) is 4.39 Å². The molecule has 0 spiro atoms. The minimum absolute atomic E-state index is 0.0951. The predicted octanol–water partition coefficient (Wildman–Crippen LogP) is 0.571. The van der Waals surface area contributed by atoms with Gasteiger partial charge in [0.15, 0.2) is 0 Å². The van der Waals surface area contributed by atoms with Gasteiger partial charge in [-0.2, -0.15) is 0 Å². The van der Waals surface area contributed by atoms with Crippen LogP contribution in [-0.4, -0.2) is 60.3 Å². The van der Waals surface area contributed by atoms with Gasteiger partial charge in [-0.25, -0.2) is 0 Å². The first kappa shape index (κ1) is 23.9. The van der Waals surface area contributed by atoms with Gasteiger partial charge < -0.3 is 0 Å². The van der Waals surface area contributed by atoms with Crippen LogP contribution in [0.25, 0.3) is 0 Å². The normalized spacial score (nSPS) is 16.3. The van der Waals surface area contributed by atoms with Crippen molar-refractivity contribution in [3.8, 4) is 6.07 Å². The first-order chi connectivity index (χ1) is 15.0. The number of hydrogen-bond acceptors (Lipinski definition) is 5. The van der Waals surface area contributed by atoms with E-state index in [2.05, 4.69) is 16.2 Å². The van der Waals surface area contributed by atoms with Crippen LogP contribution in [0.1, 0.15) is 56.8 Å². The Kier molecular flexibility index (Phi) is 7.04. The van der Waals surface area contributed by atoms with Crippen molar-refractivity contribution in [1.29, 1.82) is 5.26 Å². The topological polar surface area (TPSA) is 118 Å². The summed E-state index contributed by atoms with van der Waals surface area (Å²) in [6, 6.07) is 5.29. The van der Waals surface area contributed by atoms with Gasteiger partial charge in [0.25, 0.3) is 0 Å². The van der Waals surface area contributed by atoms with Gasteiger partial charge in [-0.1, -0.05) is 0 Å². The SMILES string of the molecule is CC(C)(C)CC(=O)N1CCC(CC#N)(n2cc(C(N)=O)c([AsH]c3ccnc(F)c3)n2)CC1. The Morgan fingerprint density at radius 1 is 1.34 bits per heavy atom. The molecule has 1 aliphatic rings. The van der Waals surface area contributed by atoms with Crippen LogP contribution >= 0.6 is 0 Å². The molecule has 2 amide bonds. The number of pyridine rings is 1. The molecule has 0 bridgehead atoms. The zero-order chi connectivity index (χ0) is 23.5. The van der Waals surface area contributed by atoms with Crippen molar-refractivity contribution in [3.05, 3.63) is 36.0 Å². The molecular formula is C22H28AsFN6O2. The number of aromatic nitrogens is 3. The fraction of sp³-hybridized carbons (Fsp3) is 0.500. The number of amides is 2. The second-order valence-electron chi connectivity index (χ2n) is 9.37. The second-order valence-corrected chi connectivity index (χ2v) is 12.1. The zero-order valence-corrected chi connectivity index (χ0v) is 20.7. The molecule has 170 valence electrons. The second kappa shape index (κ2) is 9.41. The molecule has 2 N–H and O–H groups in total. The molecule has 1 fully saturated rings. The van der Waals surface area contributed by atoms with Gasteiger partial charge in [0.05, 0.1) is 0 Å². The maximum atomic E-state index is 13.5. The van der Waals surface area contributed by atoms with Crippen LogP contribution in [0.15, 0.2) is 24.5 Å². The number of carbonyl (C=O) groups is 2. The third-order valence-electron chi connectivity index (χ3n) is 5.59. The first-order valence-electron chi connectivity index (χ1n) is 10.5. The van der Waals surface area contributed by atoms with E-state index in [9.17, 15) is 19.2 Å². The zero-order valence-electron chi connectivity index (χ0n) is 18.6. The van der Waals surface area contributed by atoms with Crippen LogP contribution < -0.4 is 14.6 Å². The van der Waals surface area contributed by atoms with Gasteiger partial charge in [0.2, 0.25) is 0 Å². The summed E-state index contributed by atoms with van der Waals surface area (Å²) >= 11 is -1.14. The summed E-state index contributed by atoms with van der Waals surface area (Å²) in [7, 11) is 0. The van der Waals surface area contributed by atoms with Crippen molar-refractivity contribution in [2.75, 3.05) is 13.1 Å². The number of hydrogen-bond donors (Lipinski definition) is 1. The van der Waals surface area contributed by atoms with Crippen LogP contribution in [0, 0.1) is 22.7 Å². The molecule has 1 atom stereocenters. The molecule has 1 aliphatic heterocycles. The van der Waals surface area contributed by atoms with Gasteiger partial charge in [0.1, 0.15) is 0 Å². The first-order valence-corrected chi connectivity index (χ1v) is 12.6. The molecule has 1 unspecified atom stereocenters. The Bertz CT molecular complexity index is 1050. The fourth-order valence-electron chi connectivity index (χ4n) is 3.88. The van der Waals surface area contributed by atoms with Crippen molar-refractivity contribution >= 4 is 36.4 Å². The van der Waals surface area contributed by atoms with E-state index in [1.54, 1.807) is 16.9 Å². The summed E-state index contributed by atoms with van der Waals surface area (Å²) in [6.07, 6.45) is 4.78. The van der Waals surface area contributed by atoms with Crippen LogP contribution in [0.3, 0.4) is 0 Å². The molecular weight excluding hydrogens is 474 g/mol. The molecule has 0 aromatic carbocycles. The number of nitrogens with two attached hydrogens (primary N) is 1. The van der Waals surface area contributed by atoms with E-state index in [0.717, 1.165) is 4.35 Å². The molecule has 10 heteroatoms. The summed E-state index contributed by atoms with van der Waals surface area (Å²) in [5.74, 6) is -1.08. The average molecular weight is 502 g/mol. The van der Waals surface area contributed by atoms with E-state index >= 15 is 0 Å². The number of nitrogens with zero attached hydrogens (tertiary/aromatic N) is 5. The number of nitriles is 1. The van der Waals surface area contributed by atoms with Crippen molar-refractivity contribution in [2.24, 2.45) is 11.1 Å². The number of piperidine rings is 1. The molecule has 3 rings (SSSR count).